The van der Waals surface area contributed by atoms with Gasteiger partial charge in [-0.15, -0.1) is 0 Å². The maximum atomic E-state index is 13.4. The van der Waals surface area contributed by atoms with E-state index in [9.17, 15) is 9.36 Å². The van der Waals surface area contributed by atoms with Crippen LogP contribution in [0.3, 0.4) is 0 Å². The Hall–Kier alpha value is -4.62. The lowest BCUT2D eigenvalue weighted by atomic mass is 9.86. The molecule has 4 rings (SSSR count). The first-order valence-electron chi connectivity index (χ1n) is 15.3. The lowest BCUT2D eigenvalue weighted by Gasteiger charge is -2.25. The van der Waals surface area contributed by atoms with Gasteiger partial charge in [-0.25, -0.2) is 9.78 Å². The van der Waals surface area contributed by atoms with Crippen molar-refractivity contribution in [1.29, 1.82) is 0 Å². The molecule has 242 valence electrons. The second-order valence-corrected chi connectivity index (χ2v) is 15.4. The van der Waals surface area contributed by atoms with E-state index in [0.29, 0.717) is 52.8 Å². The Morgan fingerprint density at radius 3 is 2.37 bits per heavy atom. The number of carbonyl (C=O) groups excluding carboxylic acids is 1. The molecule has 3 aromatic carbocycles. The number of rotatable bonds is 11. The van der Waals surface area contributed by atoms with Crippen LogP contribution in [0.15, 0.2) is 84.0 Å². The molecule has 0 saturated carbocycles. The molecule has 0 radical (unpaired) electrons. The highest BCUT2D eigenvalue weighted by Gasteiger charge is 2.26. The van der Waals surface area contributed by atoms with Crippen LogP contribution in [0.2, 0.25) is 0 Å². The van der Waals surface area contributed by atoms with Crippen LogP contribution in [0.4, 0.5) is 22.0 Å². The molecule has 4 aromatic rings. The zero-order chi connectivity index (χ0) is 33.5. The van der Waals surface area contributed by atoms with E-state index in [1.807, 2.05) is 80.6 Å². The number of hydrogen-bond donors (Lipinski definition) is 3. The van der Waals surface area contributed by atoms with Gasteiger partial charge in [0.2, 0.25) is 0 Å². The highest BCUT2D eigenvalue weighted by Crippen LogP contribution is 2.43. The molecule has 0 fully saturated rings. The second-order valence-electron chi connectivity index (χ2n) is 12.2. The summed E-state index contributed by atoms with van der Waals surface area (Å²) >= 11 is 0. The van der Waals surface area contributed by atoms with Gasteiger partial charge in [0.05, 0.1) is 36.0 Å². The fourth-order valence-corrected chi connectivity index (χ4v) is 6.09. The molecule has 2 amide bonds. The van der Waals surface area contributed by atoms with Crippen LogP contribution in [-0.4, -0.2) is 50.3 Å². The number of nitrogens with one attached hydrogen (secondary N) is 3. The molecular formula is C36H44N5O4P. The van der Waals surface area contributed by atoms with Gasteiger partial charge in [-0.1, -0.05) is 51.1 Å². The number of fused-ring (bicyclic) bond motifs is 1. The van der Waals surface area contributed by atoms with Crippen LogP contribution in [0, 0.1) is 0 Å². The summed E-state index contributed by atoms with van der Waals surface area (Å²) in [6.07, 6.45) is 5.63. The lowest BCUT2D eigenvalue weighted by molar-refractivity contribution is 0.262. The molecule has 3 N–H and O–H groups in total. The van der Waals surface area contributed by atoms with Crippen molar-refractivity contribution < 1.29 is 18.8 Å². The maximum Gasteiger partial charge on any atom is 0.323 e. The van der Waals surface area contributed by atoms with Gasteiger partial charge >= 0.3 is 6.03 Å². The summed E-state index contributed by atoms with van der Waals surface area (Å²) in [5.41, 5.74) is 2.70. The second kappa shape index (κ2) is 14.6. The van der Waals surface area contributed by atoms with Crippen molar-refractivity contribution in [3.63, 3.8) is 0 Å². The van der Waals surface area contributed by atoms with Gasteiger partial charge < -0.3 is 30.0 Å². The molecule has 46 heavy (non-hydrogen) atoms. The standard InChI is InChI=1S/C36H44N5O4P/c1-9-13-25(37-10-2)23-39-33-22-26(18-19-38-33)45-31-17-16-29(27-14-11-12-15-28(27)31)40-35(42)41-30-20-24(36(3,4)5)21-32(34(30)44-6)46(7,8)43/h9,11-22H,10,23H2,1-8H3,(H,38,39)(H2,40,41,42)/b13-9-,37-25?. The van der Waals surface area contributed by atoms with Gasteiger partial charge in [-0.05, 0) is 74.6 Å². The van der Waals surface area contributed by atoms with Crippen LogP contribution in [0.25, 0.3) is 10.8 Å². The monoisotopic (exact) mass is 641 g/mol. The van der Waals surface area contributed by atoms with Crippen LogP contribution in [0.5, 0.6) is 17.2 Å². The largest absolute Gasteiger partial charge is 0.494 e. The van der Waals surface area contributed by atoms with Crippen LogP contribution < -0.4 is 30.7 Å². The van der Waals surface area contributed by atoms with Crippen molar-refractivity contribution >= 4 is 52.2 Å². The van der Waals surface area contributed by atoms with Crippen LogP contribution in [0.1, 0.15) is 40.2 Å². The normalized spacial score (nSPS) is 12.3. The predicted molar refractivity (Wildman–Crippen MR) is 193 cm³/mol. The van der Waals surface area contributed by atoms with Crippen molar-refractivity contribution in [1.82, 2.24) is 4.98 Å². The molecule has 0 spiro atoms. The Morgan fingerprint density at radius 2 is 1.72 bits per heavy atom. The molecule has 0 atom stereocenters. The first-order chi connectivity index (χ1) is 21.8. The molecule has 0 unspecified atom stereocenters. The number of nitrogens with zero attached hydrogens (tertiary/aromatic N) is 2. The molecule has 1 aromatic heterocycles. The van der Waals surface area contributed by atoms with E-state index in [1.165, 1.54) is 7.11 Å². The van der Waals surface area contributed by atoms with Crippen LogP contribution in [-0.2, 0) is 9.98 Å². The number of ether oxygens (including phenoxy) is 2. The summed E-state index contributed by atoms with van der Waals surface area (Å²) in [5, 5.41) is 11.4. The average Bonchev–Trinajstić information content (AvgIpc) is 3.00. The predicted octanol–water partition coefficient (Wildman–Crippen LogP) is 8.67. The Morgan fingerprint density at radius 1 is 1.00 bits per heavy atom. The van der Waals surface area contributed by atoms with E-state index >= 15 is 0 Å². The van der Waals surface area contributed by atoms with E-state index in [1.54, 1.807) is 25.6 Å². The van der Waals surface area contributed by atoms with Gasteiger partial charge in [0.1, 0.15) is 24.5 Å². The number of aliphatic imine (C=N–C) groups is 1. The molecule has 9 nitrogen and oxygen atoms in total. The minimum Gasteiger partial charge on any atom is -0.494 e. The van der Waals surface area contributed by atoms with Gasteiger partial charge in [-0.2, -0.15) is 0 Å². The fraction of sp³-hybridized carbons (Fsp3) is 0.306. The summed E-state index contributed by atoms with van der Waals surface area (Å²) in [5.74, 6) is 2.31. The zero-order valence-electron chi connectivity index (χ0n) is 27.9. The quantitative estimate of drug-likeness (QED) is 0.112. The molecular weight excluding hydrogens is 597 g/mol. The number of allylic oxidation sites excluding steroid dienone is 1. The number of methoxy groups -OCH3 is 1. The molecule has 0 bridgehead atoms. The van der Waals surface area contributed by atoms with Crippen molar-refractivity contribution in [2.24, 2.45) is 4.99 Å². The highest BCUT2D eigenvalue weighted by molar-refractivity contribution is 7.70. The number of urea groups is 1. The number of hydrogen-bond acceptors (Lipinski definition) is 7. The Labute approximate surface area is 271 Å². The number of pyridine rings is 1. The minimum atomic E-state index is -2.72. The summed E-state index contributed by atoms with van der Waals surface area (Å²) < 4.78 is 25.2. The van der Waals surface area contributed by atoms with Crippen LogP contribution >= 0.6 is 7.14 Å². The molecule has 0 aliphatic carbocycles. The van der Waals surface area contributed by atoms with E-state index < -0.39 is 13.2 Å². The third-order valence-corrected chi connectivity index (χ3v) is 8.72. The van der Waals surface area contributed by atoms with Crippen molar-refractivity contribution in [2.75, 3.05) is 49.5 Å². The van der Waals surface area contributed by atoms with E-state index in [-0.39, 0.29) is 5.41 Å². The number of anilines is 3. The fourth-order valence-electron chi connectivity index (χ4n) is 4.94. The molecule has 1 heterocycles. The minimum absolute atomic E-state index is 0.237. The van der Waals surface area contributed by atoms with Gasteiger partial charge in [0.15, 0.2) is 5.75 Å². The lowest BCUT2D eigenvalue weighted by Crippen LogP contribution is -2.23. The third kappa shape index (κ3) is 8.55. The summed E-state index contributed by atoms with van der Waals surface area (Å²) in [6, 6.07) is 18.3. The molecule has 0 saturated heterocycles. The Balaban J connectivity index is 1.58. The summed E-state index contributed by atoms with van der Waals surface area (Å²) in [6.45, 7) is 14.8. The van der Waals surface area contributed by atoms with Gasteiger partial charge in [0.25, 0.3) is 0 Å². The van der Waals surface area contributed by atoms with Gasteiger partial charge in [-0.3, -0.25) is 4.99 Å². The zero-order valence-corrected chi connectivity index (χ0v) is 28.8. The summed E-state index contributed by atoms with van der Waals surface area (Å²) in [7, 11) is -1.20. The first-order valence-corrected chi connectivity index (χ1v) is 17.9. The average molecular weight is 642 g/mol. The summed E-state index contributed by atoms with van der Waals surface area (Å²) in [4.78, 5) is 22.3. The smallest absolute Gasteiger partial charge is 0.323 e. The molecule has 10 heteroatoms. The topological polar surface area (TPSA) is 114 Å². The van der Waals surface area contributed by atoms with Crippen molar-refractivity contribution in [3.8, 4) is 17.2 Å². The SMILES string of the molecule is C/C=C\C(CNc1cc(Oc2ccc(NC(=O)Nc3cc(C(C)(C)C)cc(P(C)(C)=O)c3OC)c3ccccc23)ccn1)=NCC. The number of carbonyl (C=O) groups is 1. The Bertz CT molecular complexity index is 1820. The third-order valence-electron chi connectivity index (χ3n) is 7.23. The highest BCUT2D eigenvalue weighted by atomic mass is 31.2. The number of aromatic nitrogens is 1. The van der Waals surface area contributed by atoms with E-state index in [4.69, 9.17) is 9.47 Å². The van der Waals surface area contributed by atoms with E-state index in [0.717, 1.165) is 22.0 Å². The number of amides is 2. The number of benzene rings is 3. The maximum absolute atomic E-state index is 13.4. The molecule has 0 aliphatic heterocycles. The van der Waals surface area contributed by atoms with Crippen molar-refractivity contribution in [2.45, 2.75) is 40.0 Å². The first kappa shape index (κ1) is 34.3. The van der Waals surface area contributed by atoms with Gasteiger partial charge in [0, 0.05) is 29.6 Å². The molecule has 0 aliphatic rings. The van der Waals surface area contributed by atoms with Crippen molar-refractivity contribution in [3.05, 3.63) is 84.6 Å². The van der Waals surface area contributed by atoms with E-state index in [2.05, 4.69) is 46.7 Å². The Kier molecular flexibility index (Phi) is 10.9.